The molecule has 9 rings (SSSR count). The highest BCUT2D eigenvalue weighted by molar-refractivity contribution is 7.28. The molecule has 0 unspecified atom stereocenters. The zero-order valence-electron chi connectivity index (χ0n) is 23.7. The lowest BCUT2D eigenvalue weighted by Crippen LogP contribution is -2.09. The maximum atomic E-state index is 2.48. The number of nitrogens with zero attached hydrogens (tertiary/aromatic N) is 2. The quantitative estimate of drug-likeness (QED) is 0.191. The first kappa shape index (κ1) is 25.3. The molecule has 0 saturated carbocycles. The zero-order valence-corrected chi connectivity index (χ0v) is 25.4. The van der Waals surface area contributed by atoms with Gasteiger partial charge in [0.2, 0.25) is 0 Å². The Labute approximate surface area is 263 Å². The molecule has 44 heavy (non-hydrogen) atoms. The van der Waals surface area contributed by atoms with E-state index in [9.17, 15) is 0 Å². The van der Waals surface area contributed by atoms with Gasteiger partial charge in [-0.25, -0.2) is 0 Å². The van der Waals surface area contributed by atoms with Crippen LogP contribution in [-0.2, 0) is 0 Å². The van der Waals surface area contributed by atoms with E-state index in [2.05, 4.69) is 167 Å². The Bertz CT molecular complexity index is 2290. The predicted molar refractivity (Wildman–Crippen MR) is 192 cm³/mol. The number of rotatable bonds is 5. The van der Waals surface area contributed by atoms with Crippen LogP contribution < -0.4 is 4.90 Å². The smallest absolute Gasteiger partial charge is 0.110 e. The summed E-state index contributed by atoms with van der Waals surface area (Å²) in [6, 6.07) is 56.7. The molecule has 0 N–H and O–H groups in total. The summed E-state index contributed by atoms with van der Waals surface area (Å²) in [6.07, 6.45) is 0. The first-order valence-electron chi connectivity index (χ1n) is 14.8. The first-order chi connectivity index (χ1) is 21.8. The first-order valence-corrected chi connectivity index (χ1v) is 16.4. The molecule has 4 heteroatoms. The van der Waals surface area contributed by atoms with Gasteiger partial charge in [0.25, 0.3) is 0 Å². The average molecular weight is 599 g/mol. The summed E-state index contributed by atoms with van der Waals surface area (Å²) < 4.78 is 5.14. The zero-order chi connectivity index (χ0) is 29.0. The predicted octanol–water partition coefficient (Wildman–Crippen LogP) is 12.3. The van der Waals surface area contributed by atoms with Crippen LogP contribution in [-0.4, -0.2) is 4.57 Å². The third kappa shape index (κ3) is 3.99. The number of fused-ring (bicyclic) bond motifs is 7. The van der Waals surface area contributed by atoms with Crippen molar-refractivity contribution in [2.24, 2.45) is 0 Å². The SMILES string of the molecule is c1ccc(N(c2ccccc2)c2ccc(-c3ccc(-n4c5sc6ccccc6c5c5c6ccccc6sc54)cc3)cc2)cc1. The van der Waals surface area contributed by atoms with Crippen molar-refractivity contribution < 1.29 is 0 Å². The molecule has 3 heterocycles. The van der Waals surface area contributed by atoms with Crippen molar-refractivity contribution in [2.75, 3.05) is 4.90 Å². The topological polar surface area (TPSA) is 8.17 Å². The molecule has 9 aromatic rings. The molecule has 0 amide bonds. The van der Waals surface area contributed by atoms with E-state index in [0.717, 1.165) is 17.1 Å². The molecule has 6 aromatic carbocycles. The molecule has 0 aliphatic rings. The van der Waals surface area contributed by atoms with Crippen LogP contribution in [0.5, 0.6) is 0 Å². The van der Waals surface area contributed by atoms with Crippen LogP contribution in [0.2, 0.25) is 0 Å². The number of anilines is 3. The van der Waals surface area contributed by atoms with Crippen LogP contribution >= 0.6 is 22.7 Å². The molecule has 0 bridgehead atoms. The highest BCUT2D eigenvalue weighted by Gasteiger charge is 2.21. The Balaban J connectivity index is 1.13. The fraction of sp³-hybridized carbons (Fsp3) is 0. The maximum Gasteiger partial charge on any atom is 0.110 e. The summed E-state index contributed by atoms with van der Waals surface area (Å²) >= 11 is 3.78. The van der Waals surface area contributed by atoms with Gasteiger partial charge in [-0.05, 0) is 71.8 Å². The number of benzene rings is 6. The van der Waals surface area contributed by atoms with Gasteiger partial charge >= 0.3 is 0 Å². The molecule has 3 aromatic heterocycles. The minimum Gasteiger partial charge on any atom is -0.311 e. The summed E-state index contributed by atoms with van der Waals surface area (Å²) in [5, 5.41) is 5.44. The second-order valence-electron chi connectivity index (χ2n) is 11.0. The van der Waals surface area contributed by atoms with Crippen molar-refractivity contribution in [3.8, 4) is 16.8 Å². The van der Waals surface area contributed by atoms with Crippen molar-refractivity contribution in [3.63, 3.8) is 0 Å². The standard InChI is InChI=1S/C40H26N2S2/c1-3-11-29(12-4-1)41(30-13-5-2-6-14-30)31-23-19-27(20-24-31)28-21-25-32(26-22-28)42-39-37(33-15-7-9-17-35(33)43-39)38-34-16-8-10-18-36(34)44-40(38)42/h1-26H. The Morgan fingerprint density at radius 3 is 1.30 bits per heavy atom. The van der Waals surface area contributed by atoms with Crippen molar-refractivity contribution in [1.82, 2.24) is 4.57 Å². The molecular weight excluding hydrogens is 573 g/mol. The van der Waals surface area contributed by atoms with Gasteiger partial charge in [-0.15, -0.1) is 22.7 Å². The van der Waals surface area contributed by atoms with Crippen molar-refractivity contribution in [3.05, 3.63) is 158 Å². The summed E-state index contributed by atoms with van der Waals surface area (Å²) in [5.74, 6) is 0. The Hall–Kier alpha value is -5.16. The normalized spacial score (nSPS) is 11.6. The van der Waals surface area contributed by atoms with Crippen LogP contribution in [0.3, 0.4) is 0 Å². The van der Waals surface area contributed by atoms with Gasteiger partial charge < -0.3 is 4.90 Å². The summed E-state index contributed by atoms with van der Waals surface area (Å²) in [5.41, 5.74) is 7.02. The summed E-state index contributed by atoms with van der Waals surface area (Å²) in [4.78, 5) is 4.93. The largest absolute Gasteiger partial charge is 0.311 e. The van der Waals surface area contributed by atoms with Gasteiger partial charge in [0.05, 0.1) is 0 Å². The van der Waals surface area contributed by atoms with E-state index in [0.29, 0.717) is 0 Å². The lowest BCUT2D eigenvalue weighted by Gasteiger charge is -2.25. The second kappa shape index (κ2) is 10.2. The van der Waals surface area contributed by atoms with Crippen LogP contribution in [0, 0.1) is 0 Å². The molecule has 0 atom stereocenters. The Morgan fingerprint density at radius 2 is 0.795 bits per heavy atom. The lowest BCUT2D eigenvalue weighted by molar-refractivity contribution is 1.21. The molecular formula is C40H26N2S2. The highest BCUT2D eigenvalue weighted by atomic mass is 32.1. The fourth-order valence-corrected chi connectivity index (χ4v) is 8.93. The van der Waals surface area contributed by atoms with Gasteiger partial charge in [-0.3, -0.25) is 4.57 Å². The van der Waals surface area contributed by atoms with Gasteiger partial charge in [0, 0.05) is 53.7 Å². The van der Waals surface area contributed by atoms with E-state index in [1.807, 2.05) is 22.7 Å². The Morgan fingerprint density at radius 1 is 0.386 bits per heavy atom. The van der Waals surface area contributed by atoms with E-state index in [4.69, 9.17) is 0 Å². The number of aromatic nitrogens is 1. The highest BCUT2D eigenvalue weighted by Crippen LogP contribution is 2.48. The molecule has 2 nitrogen and oxygen atoms in total. The number of para-hydroxylation sites is 2. The molecule has 0 aliphatic heterocycles. The van der Waals surface area contributed by atoms with Crippen LogP contribution in [0.1, 0.15) is 0 Å². The van der Waals surface area contributed by atoms with E-state index in [1.165, 1.54) is 57.4 Å². The molecule has 0 fully saturated rings. The minimum absolute atomic E-state index is 1.13. The third-order valence-corrected chi connectivity index (χ3v) is 10.7. The summed E-state index contributed by atoms with van der Waals surface area (Å²) in [6.45, 7) is 0. The summed E-state index contributed by atoms with van der Waals surface area (Å²) in [7, 11) is 0. The van der Waals surface area contributed by atoms with Crippen molar-refractivity contribution in [1.29, 1.82) is 0 Å². The molecule has 0 aliphatic carbocycles. The number of hydrogen-bond acceptors (Lipinski definition) is 3. The number of hydrogen-bond donors (Lipinski definition) is 0. The number of thiophene rings is 2. The average Bonchev–Trinajstić information content (AvgIpc) is 3.74. The van der Waals surface area contributed by atoms with Gasteiger partial charge in [0.15, 0.2) is 0 Å². The van der Waals surface area contributed by atoms with E-state index < -0.39 is 0 Å². The maximum absolute atomic E-state index is 2.48. The van der Waals surface area contributed by atoms with Crippen molar-refractivity contribution >= 4 is 80.3 Å². The lowest BCUT2D eigenvalue weighted by atomic mass is 10.0. The molecule has 0 radical (unpaired) electrons. The van der Waals surface area contributed by atoms with E-state index >= 15 is 0 Å². The molecule has 0 spiro atoms. The van der Waals surface area contributed by atoms with Crippen molar-refractivity contribution in [2.45, 2.75) is 0 Å². The monoisotopic (exact) mass is 598 g/mol. The second-order valence-corrected chi connectivity index (χ2v) is 13.1. The fourth-order valence-electron chi connectivity index (χ4n) is 6.40. The third-order valence-electron chi connectivity index (χ3n) is 8.42. The van der Waals surface area contributed by atoms with E-state index in [1.54, 1.807) is 0 Å². The van der Waals surface area contributed by atoms with Gasteiger partial charge in [-0.2, -0.15) is 0 Å². The van der Waals surface area contributed by atoms with Crippen LogP contribution in [0.25, 0.3) is 57.4 Å². The molecule has 0 saturated heterocycles. The van der Waals surface area contributed by atoms with E-state index in [-0.39, 0.29) is 0 Å². The van der Waals surface area contributed by atoms with Crippen LogP contribution in [0.15, 0.2) is 158 Å². The van der Waals surface area contributed by atoms with Gasteiger partial charge in [0.1, 0.15) is 9.66 Å². The van der Waals surface area contributed by atoms with Crippen LogP contribution in [0.4, 0.5) is 17.1 Å². The molecule has 208 valence electrons. The van der Waals surface area contributed by atoms with Gasteiger partial charge in [-0.1, -0.05) is 97.1 Å². The Kier molecular flexibility index (Phi) is 5.90. The minimum atomic E-state index is 1.13.